The fourth-order valence-corrected chi connectivity index (χ4v) is 2.68. The van der Waals surface area contributed by atoms with E-state index < -0.39 is 6.04 Å². The van der Waals surface area contributed by atoms with Crippen LogP contribution in [0.5, 0.6) is 0 Å². The van der Waals surface area contributed by atoms with Crippen LogP contribution in [0.4, 0.5) is 4.39 Å². The highest BCUT2D eigenvalue weighted by Gasteiger charge is 2.29. The largest absolute Gasteiger partial charge is 0.352 e. The molecule has 0 unspecified atom stereocenters. The third-order valence-electron chi connectivity index (χ3n) is 4.06. The third kappa shape index (κ3) is 4.41. The quantitative estimate of drug-likeness (QED) is 0.819. The Balaban J connectivity index is 1.70. The summed E-state index contributed by atoms with van der Waals surface area (Å²) < 4.78 is 15.0. The molecule has 1 aromatic carbocycles. The van der Waals surface area contributed by atoms with E-state index >= 15 is 0 Å². The molecule has 24 heavy (non-hydrogen) atoms. The van der Waals surface area contributed by atoms with Gasteiger partial charge in [0.05, 0.1) is 12.7 Å². The van der Waals surface area contributed by atoms with E-state index in [1.54, 1.807) is 12.1 Å². The van der Waals surface area contributed by atoms with Crippen LogP contribution in [0, 0.1) is 12.7 Å². The zero-order valence-corrected chi connectivity index (χ0v) is 14.0. The molecule has 2 atom stereocenters. The summed E-state index contributed by atoms with van der Waals surface area (Å²) in [5, 5.41) is 10.6. The summed E-state index contributed by atoms with van der Waals surface area (Å²) in [4.78, 5) is 12.6. The monoisotopic (exact) mass is 330 g/mol. The van der Waals surface area contributed by atoms with E-state index in [0.29, 0.717) is 6.54 Å². The number of nitrogens with zero attached hydrogens (tertiary/aromatic N) is 2. The lowest BCUT2D eigenvalue weighted by Gasteiger charge is -2.23. The van der Waals surface area contributed by atoms with E-state index in [9.17, 15) is 9.18 Å². The molecular weight excluding hydrogens is 307 g/mol. The molecule has 0 spiro atoms. The molecule has 128 valence electrons. The second kappa shape index (κ2) is 7.13. The van der Waals surface area contributed by atoms with Gasteiger partial charge in [-0.3, -0.25) is 14.8 Å². The Hall–Kier alpha value is -2.21. The van der Waals surface area contributed by atoms with E-state index in [4.69, 9.17) is 0 Å². The van der Waals surface area contributed by atoms with Gasteiger partial charge in [-0.1, -0.05) is 12.1 Å². The Morgan fingerprint density at radius 2 is 2.08 bits per heavy atom. The maximum atomic E-state index is 13.2. The normalized spacial score (nSPS) is 16.6. The van der Waals surface area contributed by atoms with E-state index in [1.807, 2.05) is 30.9 Å². The first-order valence-corrected chi connectivity index (χ1v) is 8.32. The Bertz CT molecular complexity index is 693. The first-order valence-electron chi connectivity index (χ1n) is 8.32. The highest BCUT2D eigenvalue weighted by Crippen LogP contribution is 2.22. The smallest absolute Gasteiger partial charge is 0.241 e. The molecule has 3 rings (SSSR count). The first kappa shape index (κ1) is 16.6. The van der Waals surface area contributed by atoms with Crippen LogP contribution < -0.4 is 10.6 Å². The fraction of sp³-hybridized carbons (Fsp3) is 0.444. The van der Waals surface area contributed by atoms with Gasteiger partial charge < -0.3 is 5.32 Å². The number of carbonyl (C=O) groups excluding carboxylic acids is 1. The molecule has 1 heterocycles. The average molecular weight is 330 g/mol. The predicted molar refractivity (Wildman–Crippen MR) is 89.9 cm³/mol. The van der Waals surface area contributed by atoms with Gasteiger partial charge in [0.15, 0.2) is 0 Å². The third-order valence-corrected chi connectivity index (χ3v) is 4.06. The topological polar surface area (TPSA) is 59.0 Å². The van der Waals surface area contributed by atoms with Crippen LogP contribution in [0.1, 0.15) is 36.9 Å². The Morgan fingerprint density at radius 1 is 1.38 bits per heavy atom. The van der Waals surface area contributed by atoms with E-state index in [0.717, 1.165) is 24.0 Å². The average Bonchev–Trinajstić information content (AvgIpc) is 3.26. The van der Waals surface area contributed by atoms with Crippen molar-refractivity contribution in [1.82, 2.24) is 20.4 Å². The van der Waals surface area contributed by atoms with Gasteiger partial charge in [-0.15, -0.1) is 0 Å². The Labute approximate surface area is 141 Å². The van der Waals surface area contributed by atoms with Gasteiger partial charge in [-0.25, -0.2) is 4.39 Å². The number of hydrogen-bond acceptors (Lipinski definition) is 3. The molecule has 0 radical (unpaired) electrons. The number of nitrogens with one attached hydrogen (secondary N) is 2. The van der Waals surface area contributed by atoms with Crippen molar-refractivity contribution >= 4 is 5.91 Å². The van der Waals surface area contributed by atoms with Crippen molar-refractivity contribution in [3.05, 3.63) is 53.6 Å². The molecule has 1 amide bonds. The second-order valence-corrected chi connectivity index (χ2v) is 6.57. The maximum Gasteiger partial charge on any atom is 0.241 e. The summed E-state index contributed by atoms with van der Waals surface area (Å²) in [6.45, 7) is 4.66. The zero-order chi connectivity index (χ0) is 17.1. The summed E-state index contributed by atoms with van der Waals surface area (Å²) >= 11 is 0. The van der Waals surface area contributed by atoms with Crippen LogP contribution >= 0.6 is 0 Å². The lowest BCUT2D eigenvalue weighted by atomic mass is 10.0. The van der Waals surface area contributed by atoms with Crippen molar-refractivity contribution in [1.29, 1.82) is 0 Å². The molecule has 6 heteroatoms. The van der Waals surface area contributed by atoms with Crippen LogP contribution in [-0.4, -0.2) is 27.8 Å². The minimum Gasteiger partial charge on any atom is -0.352 e. The Morgan fingerprint density at radius 3 is 2.67 bits per heavy atom. The summed E-state index contributed by atoms with van der Waals surface area (Å²) in [6.07, 6.45) is 5.84. The van der Waals surface area contributed by atoms with Crippen molar-refractivity contribution in [2.45, 2.75) is 51.4 Å². The van der Waals surface area contributed by atoms with Gasteiger partial charge in [0, 0.05) is 18.3 Å². The van der Waals surface area contributed by atoms with Crippen LogP contribution in [0.2, 0.25) is 0 Å². The first-order chi connectivity index (χ1) is 11.5. The fourth-order valence-electron chi connectivity index (χ4n) is 2.68. The number of aryl methyl sites for hydroxylation is 1. The van der Waals surface area contributed by atoms with Crippen molar-refractivity contribution in [2.75, 3.05) is 0 Å². The number of carbonyl (C=O) groups is 1. The summed E-state index contributed by atoms with van der Waals surface area (Å²) in [6, 6.07) is 5.90. The van der Waals surface area contributed by atoms with Crippen LogP contribution in [0.15, 0.2) is 36.7 Å². The van der Waals surface area contributed by atoms with Gasteiger partial charge >= 0.3 is 0 Å². The highest BCUT2D eigenvalue weighted by atomic mass is 19.1. The molecule has 2 N–H and O–H groups in total. The van der Waals surface area contributed by atoms with Gasteiger partial charge in [-0.2, -0.15) is 5.10 Å². The van der Waals surface area contributed by atoms with E-state index in [2.05, 4.69) is 15.7 Å². The molecule has 1 aromatic heterocycles. The van der Waals surface area contributed by atoms with Crippen molar-refractivity contribution in [2.24, 2.45) is 0 Å². The number of halogens is 1. The number of hydrogen-bond donors (Lipinski definition) is 2. The minimum atomic E-state index is -0.502. The van der Waals surface area contributed by atoms with Gasteiger partial charge in [0.1, 0.15) is 11.9 Å². The molecular formula is C18H23FN4O. The van der Waals surface area contributed by atoms with Crippen LogP contribution in [-0.2, 0) is 11.3 Å². The van der Waals surface area contributed by atoms with Crippen LogP contribution in [0.3, 0.4) is 0 Å². The van der Waals surface area contributed by atoms with Gasteiger partial charge in [-0.05, 0) is 49.9 Å². The van der Waals surface area contributed by atoms with Crippen molar-refractivity contribution in [3.63, 3.8) is 0 Å². The summed E-state index contributed by atoms with van der Waals surface area (Å²) in [5.41, 5.74) is 1.86. The molecule has 1 aliphatic carbocycles. The molecule has 5 nitrogen and oxygen atoms in total. The molecule has 1 fully saturated rings. The number of amides is 1. The van der Waals surface area contributed by atoms with Gasteiger partial charge in [0.2, 0.25) is 5.91 Å². The summed E-state index contributed by atoms with van der Waals surface area (Å²) in [7, 11) is 0. The van der Waals surface area contributed by atoms with E-state index in [-0.39, 0.29) is 23.8 Å². The lowest BCUT2D eigenvalue weighted by Crippen LogP contribution is -2.43. The maximum absolute atomic E-state index is 13.2. The number of aromatic nitrogens is 2. The number of benzene rings is 1. The predicted octanol–water partition coefficient (Wildman–Crippen LogP) is 2.33. The van der Waals surface area contributed by atoms with Gasteiger partial charge in [0.25, 0.3) is 0 Å². The molecule has 1 aliphatic rings. The molecule has 1 saturated carbocycles. The molecule has 0 bridgehead atoms. The summed E-state index contributed by atoms with van der Waals surface area (Å²) in [5.74, 6) is -0.368. The zero-order valence-electron chi connectivity index (χ0n) is 14.0. The highest BCUT2D eigenvalue weighted by molar-refractivity contribution is 5.83. The van der Waals surface area contributed by atoms with Crippen LogP contribution in [0.25, 0.3) is 0 Å². The SMILES string of the molecule is Cc1cnn(C[C@H](C)N[C@@H](C(=O)NC2CC2)c2ccc(F)cc2)c1. The lowest BCUT2D eigenvalue weighted by molar-refractivity contribution is -0.123. The Kier molecular flexibility index (Phi) is 4.94. The van der Waals surface area contributed by atoms with Crippen molar-refractivity contribution in [3.8, 4) is 0 Å². The minimum absolute atomic E-state index is 0.0318. The molecule has 0 aliphatic heterocycles. The second-order valence-electron chi connectivity index (χ2n) is 6.57. The van der Waals surface area contributed by atoms with E-state index in [1.165, 1.54) is 12.1 Å². The molecule has 0 saturated heterocycles. The molecule has 2 aromatic rings. The van der Waals surface area contributed by atoms with Crippen molar-refractivity contribution < 1.29 is 9.18 Å². The standard InChI is InChI=1S/C18H23FN4O/c1-12-9-20-23(10-12)11-13(2)21-17(18(24)22-16-7-8-16)14-3-5-15(19)6-4-14/h3-6,9-10,13,16-17,21H,7-8,11H2,1-2H3,(H,22,24)/t13-,17+/m0/s1. The number of rotatable bonds is 7.